The number of hydrogen-bond acceptors (Lipinski definition) is 3. The molecule has 0 fully saturated rings. The van der Waals surface area contributed by atoms with Crippen LogP contribution in [-0.4, -0.2) is 22.7 Å². The fourth-order valence-electron chi connectivity index (χ4n) is 2.07. The van der Waals surface area contributed by atoms with Crippen LogP contribution in [0, 0.1) is 0 Å². The molecule has 0 bridgehead atoms. The molecule has 2 rings (SSSR count). The van der Waals surface area contributed by atoms with Gasteiger partial charge in [-0.3, -0.25) is 9.48 Å². The minimum Gasteiger partial charge on any atom is -0.496 e. The lowest BCUT2D eigenvalue weighted by Gasteiger charge is -2.08. The minimum absolute atomic E-state index is 0.0324. The molecule has 5 heteroatoms. The van der Waals surface area contributed by atoms with Crippen LogP contribution >= 0.6 is 11.6 Å². The highest BCUT2D eigenvalue weighted by Crippen LogP contribution is 2.24. The van der Waals surface area contributed by atoms with Crippen molar-refractivity contribution >= 4 is 17.4 Å². The largest absolute Gasteiger partial charge is 0.496 e. The summed E-state index contributed by atoms with van der Waals surface area (Å²) >= 11 is 5.95. The zero-order valence-electron chi connectivity index (χ0n) is 11.8. The van der Waals surface area contributed by atoms with E-state index in [0.29, 0.717) is 16.3 Å². The molecule has 0 saturated carbocycles. The van der Waals surface area contributed by atoms with Gasteiger partial charge in [-0.05, 0) is 30.7 Å². The van der Waals surface area contributed by atoms with Gasteiger partial charge in [0.15, 0.2) is 5.78 Å². The fourth-order valence-corrected chi connectivity index (χ4v) is 2.24. The Morgan fingerprint density at radius 1 is 1.40 bits per heavy atom. The molecule has 1 heterocycles. The van der Waals surface area contributed by atoms with E-state index in [0.717, 1.165) is 17.8 Å². The maximum absolute atomic E-state index is 12.4. The predicted molar refractivity (Wildman–Crippen MR) is 78.6 cm³/mol. The van der Waals surface area contributed by atoms with Crippen molar-refractivity contribution in [3.05, 3.63) is 46.2 Å². The third-order valence-corrected chi connectivity index (χ3v) is 3.43. The SMILES string of the molecule is CCc1cc(CC(=O)c2cc(Cl)ccc2OC)n(C)n1. The van der Waals surface area contributed by atoms with E-state index in [9.17, 15) is 4.79 Å². The molecule has 106 valence electrons. The van der Waals surface area contributed by atoms with Gasteiger partial charge in [0.2, 0.25) is 0 Å². The molecule has 0 aliphatic heterocycles. The van der Waals surface area contributed by atoms with Gasteiger partial charge in [-0.15, -0.1) is 0 Å². The van der Waals surface area contributed by atoms with Crippen LogP contribution in [0.5, 0.6) is 5.75 Å². The number of ketones is 1. The number of aromatic nitrogens is 2. The summed E-state index contributed by atoms with van der Waals surface area (Å²) in [5.41, 5.74) is 2.36. The Bertz CT molecular complexity index is 635. The molecule has 0 atom stereocenters. The topological polar surface area (TPSA) is 44.1 Å². The van der Waals surface area contributed by atoms with Gasteiger partial charge in [-0.1, -0.05) is 18.5 Å². The number of halogens is 1. The molecule has 0 amide bonds. The van der Waals surface area contributed by atoms with Crippen molar-refractivity contribution in [3.8, 4) is 5.75 Å². The zero-order valence-corrected chi connectivity index (χ0v) is 12.6. The standard InChI is InChI=1S/C15H17ClN2O2/c1-4-11-8-12(18(2)17-11)9-14(19)13-7-10(16)5-6-15(13)20-3/h5-8H,4,9H2,1-3H3. The van der Waals surface area contributed by atoms with Gasteiger partial charge in [-0.2, -0.15) is 5.10 Å². The first-order valence-electron chi connectivity index (χ1n) is 6.43. The predicted octanol–water partition coefficient (Wildman–Crippen LogP) is 3.07. The summed E-state index contributed by atoms with van der Waals surface area (Å²) in [6, 6.07) is 7.00. The molecule has 4 nitrogen and oxygen atoms in total. The highest BCUT2D eigenvalue weighted by Gasteiger charge is 2.16. The molecular weight excluding hydrogens is 276 g/mol. The summed E-state index contributed by atoms with van der Waals surface area (Å²) in [5, 5.41) is 4.86. The van der Waals surface area contributed by atoms with Crippen LogP contribution in [-0.2, 0) is 19.9 Å². The number of carbonyl (C=O) groups excluding carboxylic acids is 1. The van der Waals surface area contributed by atoms with Gasteiger partial charge in [0.05, 0.1) is 24.8 Å². The number of methoxy groups -OCH3 is 1. The lowest BCUT2D eigenvalue weighted by Crippen LogP contribution is -2.09. The molecular formula is C15H17ClN2O2. The van der Waals surface area contributed by atoms with E-state index in [1.54, 1.807) is 30.0 Å². The van der Waals surface area contributed by atoms with Crippen LogP contribution in [0.1, 0.15) is 28.7 Å². The first kappa shape index (κ1) is 14.6. The number of aryl methyl sites for hydroxylation is 2. The molecule has 0 aliphatic rings. The van der Waals surface area contributed by atoms with Gasteiger partial charge in [-0.25, -0.2) is 0 Å². The second-order valence-electron chi connectivity index (χ2n) is 4.55. The normalized spacial score (nSPS) is 10.6. The molecule has 1 aromatic carbocycles. The summed E-state index contributed by atoms with van der Waals surface area (Å²) in [6.45, 7) is 2.04. The monoisotopic (exact) mass is 292 g/mol. The molecule has 0 aliphatic carbocycles. The van der Waals surface area contributed by atoms with Crippen LogP contribution in [0.3, 0.4) is 0 Å². The van der Waals surface area contributed by atoms with Crippen molar-refractivity contribution in [1.29, 1.82) is 0 Å². The number of carbonyl (C=O) groups is 1. The molecule has 0 spiro atoms. The van der Waals surface area contributed by atoms with E-state index in [4.69, 9.17) is 16.3 Å². The molecule has 0 unspecified atom stereocenters. The van der Waals surface area contributed by atoms with Gasteiger partial charge in [0.25, 0.3) is 0 Å². The average Bonchev–Trinajstić information content (AvgIpc) is 2.79. The van der Waals surface area contributed by atoms with Crippen molar-refractivity contribution < 1.29 is 9.53 Å². The highest BCUT2D eigenvalue weighted by atomic mass is 35.5. The molecule has 2 aromatic rings. The van der Waals surface area contributed by atoms with Crippen molar-refractivity contribution in [3.63, 3.8) is 0 Å². The van der Waals surface area contributed by atoms with Crippen molar-refractivity contribution in [2.45, 2.75) is 19.8 Å². The number of Topliss-reactive ketones (excluding diaryl/α,β-unsaturated/α-hetero) is 1. The van der Waals surface area contributed by atoms with E-state index in [2.05, 4.69) is 5.10 Å². The third kappa shape index (κ3) is 3.02. The molecule has 1 aromatic heterocycles. The summed E-state index contributed by atoms with van der Waals surface area (Å²) < 4.78 is 6.96. The lowest BCUT2D eigenvalue weighted by molar-refractivity contribution is 0.0988. The minimum atomic E-state index is -0.0324. The summed E-state index contributed by atoms with van der Waals surface area (Å²) in [4.78, 5) is 12.4. The van der Waals surface area contributed by atoms with Crippen LogP contribution < -0.4 is 4.74 Å². The summed E-state index contributed by atoms with van der Waals surface area (Å²) in [5.74, 6) is 0.507. The number of hydrogen-bond donors (Lipinski definition) is 0. The maximum Gasteiger partial charge on any atom is 0.172 e. The maximum atomic E-state index is 12.4. The average molecular weight is 293 g/mol. The Kier molecular flexibility index (Phi) is 4.45. The number of nitrogens with zero attached hydrogens (tertiary/aromatic N) is 2. The lowest BCUT2D eigenvalue weighted by atomic mass is 10.1. The van der Waals surface area contributed by atoms with Gasteiger partial charge in [0, 0.05) is 17.8 Å². The van der Waals surface area contributed by atoms with Gasteiger partial charge < -0.3 is 4.74 Å². The molecule has 20 heavy (non-hydrogen) atoms. The Balaban J connectivity index is 2.27. The fraction of sp³-hybridized carbons (Fsp3) is 0.333. The van der Waals surface area contributed by atoms with Crippen molar-refractivity contribution in [1.82, 2.24) is 9.78 Å². The summed E-state index contributed by atoms with van der Waals surface area (Å²) in [7, 11) is 3.39. The van der Waals surface area contributed by atoms with Gasteiger partial charge >= 0.3 is 0 Å². The quantitative estimate of drug-likeness (QED) is 0.796. The van der Waals surface area contributed by atoms with Crippen LogP contribution in [0.4, 0.5) is 0 Å². The van der Waals surface area contributed by atoms with Crippen LogP contribution in [0.2, 0.25) is 5.02 Å². The Morgan fingerprint density at radius 3 is 2.75 bits per heavy atom. The van der Waals surface area contributed by atoms with Crippen LogP contribution in [0.25, 0.3) is 0 Å². The molecule has 0 N–H and O–H groups in total. The van der Waals surface area contributed by atoms with E-state index in [1.807, 2.05) is 20.0 Å². The number of benzene rings is 1. The van der Waals surface area contributed by atoms with E-state index >= 15 is 0 Å². The second-order valence-corrected chi connectivity index (χ2v) is 4.99. The second kappa shape index (κ2) is 6.09. The Morgan fingerprint density at radius 2 is 2.15 bits per heavy atom. The van der Waals surface area contributed by atoms with Crippen molar-refractivity contribution in [2.24, 2.45) is 7.05 Å². The number of ether oxygens (including phenoxy) is 1. The first-order valence-corrected chi connectivity index (χ1v) is 6.81. The van der Waals surface area contributed by atoms with Crippen molar-refractivity contribution in [2.75, 3.05) is 7.11 Å². The van der Waals surface area contributed by atoms with E-state index < -0.39 is 0 Å². The first-order chi connectivity index (χ1) is 9.55. The highest BCUT2D eigenvalue weighted by molar-refractivity contribution is 6.31. The molecule has 0 radical (unpaired) electrons. The Hall–Kier alpha value is -1.81. The number of rotatable bonds is 5. The van der Waals surface area contributed by atoms with Crippen LogP contribution in [0.15, 0.2) is 24.3 Å². The molecule has 0 saturated heterocycles. The smallest absolute Gasteiger partial charge is 0.172 e. The third-order valence-electron chi connectivity index (χ3n) is 3.19. The summed E-state index contributed by atoms with van der Waals surface area (Å²) in [6.07, 6.45) is 1.13. The zero-order chi connectivity index (χ0) is 14.7. The van der Waals surface area contributed by atoms with E-state index in [-0.39, 0.29) is 12.2 Å². The van der Waals surface area contributed by atoms with E-state index in [1.165, 1.54) is 0 Å². The van der Waals surface area contributed by atoms with Gasteiger partial charge in [0.1, 0.15) is 5.75 Å². The Labute approximate surface area is 123 Å².